The van der Waals surface area contributed by atoms with Crippen LogP contribution in [0.1, 0.15) is 13.3 Å². The van der Waals surface area contributed by atoms with Crippen molar-refractivity contribution in [2.75, 3.05) is 22.6 Å². The van der Waals surface area contributed by atoms with Gasteiger partial charge in [-0.15, -0.1) is 0 Å². The lowest BCUT2D eigenvalue weighted by molar-refractivity contribution is -0.119. The first kappa shape index (κ1) is 16.0. The zero-order valence-corrected chi connectivity index (χ0v) is 13.2. The van der Waals surface area contributed by atoms with E-state index in [1.54, 1.807) is 6.92 Å². The van der Waals surface area contributed by atoms with Gasteiger partial charge in [0.15, 0.2) is 19.7 Å². The summed E-state index contributed by atoms with van der Waals surface area (Å²) >= 11 is 0. The Morgan fingerprint density at radius 1 is 1.29 bits per heavy atom. The first-order chi connectivity index (χ1) is 9.73. The maximum Gasteiger partial charge on any atom is 0.228 e. The van der Waals surface area contributed by atoms with E-state index < -0.39 is 25.6 Å². The van der Waals surface area contributed by atoms with Crippen molar-refractivity contribution >= 4 is 31.3 Å². The van der Waals surface area contributed by atoms with Crippen LogP contribution >= 0.6 is 0 Å². The molecule has 1 atom stereocenters. The van der Waals surface area contributed by atoms with Gasteiger partial charge in [-0.25, -0.2) is 16.8 Å². The van der Waals surface area contributed by atoms with E-state index in [1.807, 2.05) is 0 Å². The second-order valence-corrected chi connectivity index (χ2v) is 9.52. The normalized spacial score (nSPS) is 21.1. The molecule has 1 aromatic carbocycles. The summed E-state index contributed by atoms with van der Waals surface area (Å²) in [6.45, 7) is 1.56. The van der Waals surface area contributed by atoms with Crippen LogP contribution in [0.4, 0.5) is 5.69 Å². The third kappa shape index (κ3) is 3.82. The molecule has 0 aliphatic carbocycles. The van der Waals surface area contributed by atoms with Crippen molar-refractivity contribution in [2.45, 2.75) is 18.2 Å². The van der Waals surface area contributed by atoms with Crippen LogP contribution in [0.3, 0.4) is 0 Å². The van der Waals surface area contributed by atoms with Gasteiger partial charge in [0.1, 0.15) is 0 Å². The van der Waals surface area contributed by atoms with Gasteiger partial charge in [0, 0.05) is 5.69 Å². The Kier molecular flexibility index (Phi) is 4.38. The molecule has 21 heavy (non-hydrogen) atoms. The zero-order chi connectivity index (χ0) is 15.7. The topological polar surface area (TPSA) is 97.4 Å². The van der Waals surface area contributed by atoms with E-state index >= 15 is 0 Å². The molecule has 0 spiro atoms. The molecule has 1 heterocycles. The largest absolute Gasteiger partial charge is 0.326 e. The molecule has 2 rings (SSSR count). The van der Waals surface area contributed by atoms with Crippen LogP contribution in [0.15, 0.2) is 29.2 Å². The van der Waals surface area contributed by atoms with Crippen molar-refractivity contribution in [1.29, 1.82) is 0 Å². The predicted molar refractivity (Wildman–Crippen MR) is 79.6 cm³/mol. The highest BCUT2D eigenvalue weighted by molar-refractivity contribution is 7.91. The minimum Gasteiger partial charge on any atom is -0.326 e. The zero-order valence-electron chi connectivity index (χ0n) is 11.6. The maximum absolute atomic E-state index is 11.9. The summed E-state index contributed by atoms with van der Waals surface area (Å²) in [4.78, 5) is 12.1. The Balaban J connectivity index is 2.06. The highest BCUT2D eigenvalue weighted by Crippen LogP contribution is 2.21. The molecule has 0 bridgehead atoms. The third-order valence-electron chi connectivity index (χ3n) is 3.46. The Bertz CT molecular complexity index is 735. The highest BCUT2D eigenvalue weighted by atomic mass is 32.2. The first-order valence-electron chi connectivity index (χ1n) is 6.57. The lowest BCUT2D eigenvalue weighted by Gasteiger charge is -2.10. The molecule has 8 heteroatoms. The summed E-state index contributed by atoms with van der Waals surface area (Å²) in [6.07, 6.45) is 0.330. The van der Waals surface area contributed by atoms with Gasteiger partial charge in [-0.05, 0) is 30.7 Å². The fourth-order valence-electron chi connectivity index (χ4n) is 2.16. The van der Waals surface area contributed by atoms with Crippen molar-refractivity contribution in [1.82, 2.24) is 0 Å². The number of anilines is 1. The standard InChI is InChI=1S/C13H17NO5S2/c1-2-21(18,19)12-5-3-11(4-6-12)14-13(15)10-7-8-20(16,17)9-10/h3-6,10H,2,7-9H2,1H3,(H,14,15)/t10-/m1/s1. The van der Waals surface area contributed by atoms with Crippen LogP contribution in [-0.2, 0) is 24.5 Å². The van der Waals surface area contributed by atoms with Crippen LogP contribution in [-0.4, -0.2) is 40.0 Å². The third-order valence-corrected chi connectivity index (χ3v) is 6.98. The molecule has 1 aliphatic rings. The molecule has 0 saturated carbocycles. The lowest BCUT2D eigenvalue weighted by atomic mass is 10.1. The van der Waals surface area contributed by atoms with Crippen LogP contribution in [0.2, 0.25) is 0 Å². The van der Waals surface area contributed by atoms with Crippen molar-refractivity contribution in [3.63, 3.8) is 0 Å². The maximum atomic E-state index is 11.9. The van der Waals surface area contributed by atoms with Crippen LogP contribution in [0.5, 0.6) is 0 Å². The van der Waals surface area contributed by atoms with Gasteiger partial charge in [-0.3, -0.25) is 4.79 Å². The molecule has 1 saturated heterocycles. The number of carbonyl (C=O) groups excluding carboxylic acids is 1. The van der Waals surface area contributed by atoms with E-state index in [0.717, 1.165) is 0 Å². The molecule has 1 amide bonds. The number of sulfone groups is 2. The number of amides is 1. The number of carbonyl (C=O) groups is 1. The number of rotatable bonds is 4. The number of hydrogen-bond donors (Lipinski definition) is 1. The molecule has 116 valence electrons. The summed E-state index contributed by atoms with van der Waals surface area (Å²) in [7, 11) is -6.37. The summed E-state index contributed by atoms with van der Waals surface area (Å²) < 4.78 is 46.0. The average Bonchev–Trinajstić information content (AvgIpc) is 2.80. The Morgan fingerprint density at radius 2 is 1.90 bits per heavy atom. The second kappa shape index (κ2) is 5.76. The SMILES string of the molecule is CCS(=O)(=O)c1ccc(NC(=O)[C@@H]2CCS(=O)(=O)C2)cc1. The predicted octanol–water partition coefficient (Wildman–Crippen LogP) is 0.853. The number of hydrogen-bond acceptors (Lipinski definition) is 5. The Hall–Kier alpha value is -1.41. The summed E-state index contributed by atoms with van der Waals surface area (Å²) in [5, 5.41) is 2.62. The molecule has 6 nitrogen and oxygen atoms in total. The lowest BCUT2D eigenvalue weighted by Crippen LogP contribution is -2.23. The quantitative estimate of drug-likeness (QED) is 0.882. The fourth-order valence-corrected chi connectivity index (χ4v) is 4.78. The monoisotopic (exact) mass is 331 g/mol. The van der Waals surface area contributed by atoms with Gasteiger partial charge in [0.05, 0.1) is 28.1 Å². The van der Waals surface area contributed by atoms with E-state index in [1.165, 1.54) is 24.3 Å². The molecular weight excluding hydrogens is 314 g/mol. The van der Waals surface area contributed by atoms with E-state index in [4.69, 9.17) is 0 Å². The molecule has 0 aromatic heterocycles. The van der Waals surface area contributed by atoms with Crippen LogP contribution < -0.4 is 5.32 Å². The van der Waals surface area contributed by atoms with Gasteiger partial charge < -0.3 is 5.32 Å². The molecule has 1 aliphatic heterocycles. The first-order valence-corrected chi connectivity index (χ1v) is 10.0. The van der Waals surface area contributed by atoms with E-state index in [9.17, 15) is 21.6 Å². The fraction of sp³-hybridized carbons (Fsp3) is 0.462. The summed E-state index contributed by atoms with van der Waals surface area (Å²) in [5.41, 5.74) is 0.458. The van der Waals surface area contributed by atoms with E-state index in [-0.39, 0.29) is 28.1 Å². The molecule has 0 radical (unpaired) electrons. The summed E-state index contributed by atoms with van der Waals surface area (Å²) in [5.74, 6) is -0.949. The molecule has 0 unspecified atom stereocenters. The average molecular weight is 331 g/mol. The van der Waals surface area contributed by atoms with Crippen molar-refractivity contribution < 1.29 is 21.6 Å². The van der Waals surface area contributed by atoms with Gasteiger partial charge in [-0.2, -0.15) is 0 Å². The van der Waals surface area contributed by atoms with Crippen molar-refractivity contribution in [2.24, 2.45) is 5.92 Å². The molecular formula is C13H17NO5S2. The van der Waals surface area contributed by atoms with Gasteiger partial charge in [0.25, 0.3) is 0 Å². The van der Waals surface area contributed by atoms with Crippen LogP contribution in [0, 0.1) is 5.92 Å². The van der Waals surface area contributed by atoms with E-state index in [2.05, 4.69) is 5.32 Å². The van der Waals surface area contributed by atoms with Gasteiger partial charge in [0.2, 0.25) is 5.91 Å². The minimum absolute atomic E-state index is 0.0125. The molecule has 1 fully saturated rings. The van der Waals surface area contributed by atoms with Crippen molar-refractivity contribution in [3.05, 3.63) is 24.3 Å². The van der Waals surface area contributed by atoms with Gasteiger partial charge in [-0.1, -0.05) is 6.92 Å². The van der Waals surface area contributed by atoms with Crippen molar-refractivity contribution in [3.8, 4) is 0 Å². The van der Waals surface area contributed by atoms with Gasteiger partial charge >= 0.3 is 0 Å². The number of benzene rings is 1. The minimum atomic E-state index is -3.27. The highest BCUT2D eigenvalue weighted by Gasteiger charge is 2.32. The Labute approximate surface area is 124 Å². The Morgan fingerprint density at radius 3 is 2.38 bits per heavy atom. The second-order valence-electron chi connectivity index (χ2n) is 5.02. The smallest absolute Gasteiger partial charge is 0.228 e. The van der Waals surface area contributed by atoms with Crippen LogP contribution in [0.25, 0.3) is 0 Å². The summed E-state index contributed by atoms with van der Waals surface area (Å²) in [6, 6.07) is 5.87. The number of nitrogens with one attached hydrogen (secondary N) is 1. The molecule has 1 aromatic rings. The molecule has 1 N–H and O–H groups in total. The van der Waals surface area contributed by atoms with E-state index in [0.29, 0.717) is 12.1 Å².